The van der Waals surface area contributed by atoms with E-state index in [2.05, 4.69) is 10.3 Å². The molecule has 2 amide bonds. The van der Waals surface area contributed by atoms with Crippen LogP contribution in [0.3, 0.4) is 0 Å². The van der Waals surface area contributed by atoms with Crippen LogP contribution in [0, 0.1) is 17.6 Å². The minimum absolute atomic E-state index is 0.0204. The number of carbonyl (C=O) groups is 2. The zero-order valence-electron chi connectivity index (χ0n) is 15.8. The van der Waals surface area contributed by atoms with Gasteiger partial charge in [-0.3, -0.25) is 14.6 Å². The number of hydrogen-bond donors (Lipinski definition) is 2. The first-order valence-corrected chi connectivity index (χ1v) is 10.7. The van der Waals surface area contributed by atoms with Gasteiger partial charge in [0.05, 0.1) is 5.69 Å². The molecule has 2 aromatic rings. The molecule has 0 unspecified atom stereocenters. The van der Waals surface area contributed by atoms with Crippen LogP contribution in [0.4, 0.5) is 14.5 Å². The van der Waals surface area contributed by atoms with E-state index in [1.165, 1.54) is 22.8 Å². The lowest BCUT2D eigenvalue weighted by molar-refractivity contribution is -0.136. The van der Waals surface area contributed by atoms with E-state index in [0.717, 1.165) is 18.2 Å². The third kappa shape index (κ3) is 5.16. The predicted molar refractivity (Wildman–Crippen MR) is 104 cm³/mol. The number of pyridine rings is 1. The normalized spacial score (nSPS) is 15.5. The second-order valence-electron chi connectivity index (χ2n) is 6.82. The van der Waals surface area contributed by atoms with Gasteiger partial charge in [-0.25, -0.2) is 17.2 Å². The summed E-state index contributed by atoms with van der Waals surface area (Å²) >= 11 is 0. The number of rotatable bonds is 5. The summed E-state index contributed by atoms with van der Waals surface area (Å²) < 4.78 is 53.2. The Balaban J connectivity index is 1.48. The molecule has 0 spiro atoms. The Hall–Kier alpha value is -2.92. The van der Waals surface area contributed by atoms with Crippen molar-refractivity contribution in [3.05, 3.63) is 54.4 Å². The van der Waals surface area contributed by atoms with Crippen LogP contribution in [-0.2, 0) is 19.6 Å². The van der Waals surface area contributed by atoms with Crippen LogP contribution in [0.25, 0.3) is 0 Å². The van der Waals surface area contributed by atoms with Gasteiger partial charge in [0.15, 0.2) is 0 Å². The highest BCUT2D eigenvalue weighted by molar-refractivity contribution is 7.89. The second-order valence-corrected chi connectivity index (χ2v) is 8.76. The molecule has 11 heteroatoms. The zero-order valence-corrected chi connectivity index (χ0v) is 16.7. The van der Waals surface area contributed by atoms with Crippen molar-refractivity contribution in [2.24, 2.45) is 5.92 Å². The van der Waals surface area contributed by atoms with Crippen LogP contribution in [0.15, 0.2) is 47.6 Å². The van der Waals surface area contributed by atoms with Crippen molar-refractivity contribution >= 4 is 27.5 Å². The Labute approximate surface area is 172 Å². The van der Waals surface area contributed by atoms with Crippen molar-refractivity contribution in [1.29, 1.82) is 0 Å². The molecule has 0 radical (unpaired) electrons. The number of benzene rings is 1. The topological polar surface area (TPSA) is 108 Å². The van der Waals surface area contributed by atoms with E-state index in [0.29, 0.717) is 12.8 Å². The van der Waals surface area contributed by atoms with Crippen LogP contribution in [0.5, 0.6) is 0 Å². The van der Waals surface area contributed by atoms with Crippen LogP contribution >= 0.6 is 0 Å². The van der Waals surface area contributed by atoms with Crippen molar-refractivity contribution in [2.75, 3.05) is 25.0 Å². The molecule has 30 heavy (non-hydrogen) atoms. The summed E-state index contributed by atoms with van der Waals surface area (Å²) in [6, 6.07) is 5.55. The lowest BCUT2D eigenvalue weighted by Gasteiger charge is -2.31. The Kier molecular flexibility index (Phi) is 6.73. The molecule has 1 aliphatic rings. The first-order valence-electron chi connectivity index (χ1n) is 9.22. The molecule has 1 aliphatic heterocycles. The van der Waals surface area contributed by atoms with E-state index in [4.69, 9.17) is 0 Å². The molecule has 3 rings (SSSR count). The average Bonchev–Trinajstić information content (AvgIpc) is 2.75. The molecule has 160 valence electrons. The highest BCUT2D eigenvalue weighted by Crippen LogP contribution is 2.23. The number of carbonyl (C=O) groups excluding carboxylic acids is 2. The first-order chi connectivity index (χ1) is 14.3. The number of halogens is 2. The lowest BCUT2D eigenvalue weighted by atomic mass is 9.98. The van der Waals surface area contributed by atoms with Crippen molar-refractivity contribution in [3.8, 4) is 0 Å². The largest absolute Gasteiger partial charge is 0.348 e. The minimum Gasteiger partial charge on any atom is -0.348 e. The fraction of sp³-hybridized carbons (Fsp3) is 0.316. The van der Waals surface area contributed by atoms with Gasteiger partial charge >= 0.3 is 11.8 Å². The van der Waals surface area contributed by atoms with Gasteiger partial charge in [0.25, 0.3) is 0 Å². The predicted octanol–water partition coefficient (Wildman–Crippen LogP) is 1.52. The lowest BCUT2D eigenvalue weighted by Crippen LogP contribution is -2.43. The Morgan fingerprint density at radius 2 is 1.87 bits per heavy atom. The third-order valence-corrected chi connectivity index (χ3v) is 6.66. The van der Waals surface area contributed by atoms with Crippen molar-refractivity contribution < 1.29 is 26.8 Å². The molecule has 1 fully saturated rings. The van der Waals surface area contributed by atoms with Crippen LogP contribution < -0.4 is 10.6 Å². The van der Waals surface area contributed by atoms with Crippen LogP contribution in [-0.4, -0.2) is 49.2 Å². The van der Waals surface area contributed by atoms with Gasteiger partial charge in [-0.2, -0.15) is 4.31 Å². The first kappa shape index (κ1) is 21.8. The van der Waals surface area contributed by atoms with E-state index < -0.39 is 39.2 Å². The van der Waals surface area contributed by atoms with Crippen LogP contribution in [0.2, 0.25) is 0 Å². The van der Waals surface area contributed by atoms with Crippen molar-refractivity contribution in [2.45, 2.75) is 17.7 Å². The highest BCUT2D eigenvalue weighted by atomic mass is 32.2. The van der Waals surface area contributed by atoms with Gasteiger partial charge in [-0.15, -0.1) is 0 Å². The zero-order chi connectivity index (χ0) is 21.7. The maximum absolute atomic E-state index is 13.6. The third-order valence-electron chi connectivity index (χ3n) is 4.78. The van der Waals surface area contributed by atoms with E-state index >= 15 is 0 Å². The maximum Gasteiger partial charge on any atom is 0.313 e. The van der Waals surface area contributed by atoms with Gasteiger partial charge in [0.1, 0.15) is 16.5 Å². The van der Waals surface area contributed by atoms with E-state index in [9.17, 15) is 26.8 Å². The molecule has 1 saturated heterocycles. The SMILES string of the molecule is O=C(NCC1CCN(S(=O)(=O)c2cccnc2)CC1)C(=O)Nc1cc(F)ccc1F. The maximum atomic E-state index is 13.6. The number of piperidine rings is 1. The van der Waals surface area contributed by atoms with Crippen molar-refractivity contribution in [3.63, 3.8) is 0 Å². The molecule has 0 aliphatic carbocycles. The number of anilines is 1. The Bertz CT molecular complexity index is 1030. The van der Waals surface area contributed by atoms with E-state index in [1.807, 2.05) is 5.32 Å². The van der Waals surface area contributed by atoms with Gasteiger partial charge in [-0.05, 0) is 43.0 Å². The second kappa shape index (κ2) is 9.26. The summed E-state index contributed by atoms with van der Waals surface area (Å²) in [5, 5.41) is 4.47. The quantitative estimate of drug-likeness (QED) is 0.688. The minimum atomic E-state index is -3.62. The number of amides is 2. The van der Waals surface area contributed by atoms with Crippen molar-refractivity contribution in [1.82, 2.24) is 14.6 Å². The molecule has 1 aromatic heterocycles. The average molecular weight is 438 g/mol. The summed E-state index contributed by atoms with van der Waals surface area (Å²) in [5.74, 6) is -3.73. The smallest absolute Gasteiger partial charge is 0.313 e. The fourth-order valence-electron chi connectivity index (χ4n) is 3.09. The summed E-state index contributed by atoms with van der Waals surface area (Å²) in [6.07, 6.45) is 3.79. The molecule has 0 atom stereocenters. The number of hydrogen-bond acceptors (Lipinski definition) is 5. The summed E-state index contributed by atoms with van der Waals surface area (Å²) in [6.45, 7) is 0.718. The molecule has 0 bridgehead atoms. The molecular formula is C19H20F2N4O4S. The monoisotopic (exact) mass is 438 g/mol. The summed E-state index contributed by atoms with van der Waals surface area (Å²) in [5.41, 5.74) is -0.427. The molecule has 1 aromatic carbocycles. The summed E-state index contributed by atoms with van der Waals surface area (Å²) in [7, 11) is -3.62. The molecular weight excluding hydrogens is 418 g/mol. The molecule has 2 heterocycles. The molecule has 8 nitrogen and oxygen atoms in total. The van der Waals surface area contributed by atoms with E-state index in [-0.39, 0.29) is 30.4 Å². The summed E-state index contributed by atoms with van der Waals surface area (Å²) in [4.78, 5) is 27.8. The van der Waals surface area contributed by atoms with Crippen LogP contribution in [0.1, 0.15) is 12.8 Å². The Morgan fingerprint density at radius 1 is 1.13 bits per heavy atom. The van der Waals surface area contributed by atoms with E-state index in [1.54, 1.807) is 6.07 Å². The standard InChI is InChI=1S/C19H20F2N4O4S/c20-14-3-4-16(21)17(10-14)24-19(27)18(26)23-11-13-5-8-25(9-6-13)30(28,29)15-2-1-7-22-12-15/h1-4,7,10,12-13H,5-6,8-9,11H2,(H,23,26)(H,24,27). The van der Waals surface area contributed by atoms with Gasteiger partial charge in [0.2, 0.25) is 10.0 Å². The number of nitrogens with zero attached hydrogens (tertiary/aromatic N) is 2. The molecule has 2 N–H and O–H groups in total. The fourth-order valence-corrected chi connectivity index (χ4v) is 4.53. The van der Waals surface area contributed by atoms with Gasteiger partial charge in [0, 0.05) is 38.1 Å². The number of nitrogens with one attached hydrogen (secondary N) is 2. The number of aromatic nitrogens is 1. The highest BCUT2D eigenvalue weighted by Gasteiger charge is 2.30. The Morgan fingerprint density at radius 3 is 2.53 bits per heavy atom. The van der Waals surface area contributed by atoms with Gasteiger partial charge < -0.3 is 10.6 Å². The number of sulfonamides is 1. The molecule has 0 saturated carbocycles. The van der Waals surface area contributed by atoms with Gasteiger partial charge in [-0.1, -0.05) is 0 Å².